The second-order valence-corrected chi connectivity index (χ2v) is 6.13. The van der Waals surface area contributed by atoms with Gasteiger partial charge in [0.25, 0.3) is 0 Å². The van der Waals surface area contributed by atoms with Gasteiger partial charge >= 0.3 is 12.0 Å². The van der Waals surface area contributed by atoms with Gasteiger partial charge in [-0.05, 0) is 43.0 Å². The predicted molar refractivity (Wildman–Crippen MR) is 85.5 cm³/mol. The molecule has 0 saturated heterocycles. The lowest BCUT2D eigenvalue weighted by molar-refractivity contribution is -0.139. The van der Waals surface area contributed by atoms with Gasteiger partial charge in [0.1, 0.15) is 6.04 Å². The second-order valence-electron chi connectivity index (χ2n) is 4.23. The van der Waals surface area contributed by atoms with E-state index in [0.29, 0.717) is 17.9 Å². The molecule has 1 aromatic rings. The number of rotatable bonds is 6. The molecule has 110 valence electrons. The van der Waals surface area contributed by atoms with Crippen LogP contribution in [0.4, 0.5) is 10.5 Å². The van der Waals surface area contributed by atoms with Crippen molar-refractivity contribution < 1.29 is 14.7 Å². The van der Waals surface area contributed by atoms with Crippen LogP contribution in [0.3, 0.4) is 0 Å². The summed E-state index contributed by atoms with van der Waals surface area (Å²) in [5.41, 5.74) is 1.55. The van der Waals surface area contributed by atoms with Crippen LogP contribution < -0.4 is 10.6 Å². The first-order valence-corrected chi connectivity index (χ1v) is 8.18. The Balaban J connectivity index is 2.65. The average molecular weight is 361 g/mol. The van der Waals surface area contributed by atoms with Crippen LogP contribution in [0.15, 0.2) is 22.7 Å². The van der Waals surface area contributed by atoms with E-state index in [4.69, 9.17) is 5.11 Å². The van der Waals surface area contributed by atoms with Gasteiger partial charge < -0.3 is 15.7 Å². The first kappa shape index (κ1) is 16.8. The van der Waals surface area contributed by atoms with Gasteiger partial charge in [0.05, 0.1) is 0 Å². The van der Waals surface area contributed by atoms with Crippen LogP contribution >= 0.6 is 27.7 Å². The third kappa shape index (κ3) is 5.42. The monoisotopic (exact) mass is 360 g/mol. The minimum absolute atomic E-state index is 0.390. The summed E-state index contributed by atoms with van der Waals surface area (Å²) >= 11 is 4.87. The fraction of sp³-hybridized carbons (Fsp3) is 0.385. The number of anilines is 1. The van der Waals surface area contributed by atoms with Crippen molar-refractivity contribution in [3.63, 3.8) is 0 Å². The van der Waals surface area contributed by atoms with Crippen molar-refractivity contribution in [2.24, 2.45) is 0 Å². The number of thioether (sulfide) groups is 1. The summed E-state index contributed by atoms with van der Waals surface area (Å²) < 4.78 is 0.843. The third-order valence-corrected chi connectivity index (χ3v) is 3.80. The van der Waals surface area contributed by atoms with E-state index < -0.39 is 18.0 Å². The standard InChI is InChI=1S/C13H17BrN2O3S/c1-8-3-4-9(14)7-11(8)16-13(19)15-10(12(17)18)5-6-20-2/h3-4,7,10H,5-6H2,1-2H3,(H,17,18)(H2,15,16,19)/t10-/m0/s1. The van der Waals surface area contributed by atoms with Crippen molar-refractivity contribution >= 4 is 45.4 Å². The number of benzene rings is 1. The smallest absolute Gasteiger partial charge is 0.326 e. The van der Waals surface area contributed by atoms with Crippen LogP contribution in [0.5, 0.6) is 0 Å². The highest BCUT2D eigenvalue weighted by Crippen LogP contribution is 2.20. The Labute approximate surface area is 130 Å². The third-order valence-electron chi connectivity index (χ3n) is 2.66. The number of urea groups is 1. The van der Waals surface area contributed by atoms with Crippen LogP contribution in [0.1, 0.15) is 12.0 Å². The van der Waals surface area contributed by atoms with E-state index in [-0.39, 0.29) is 0 Å². The summed E-state index contributed by atoms with van der Waals surface area (Å²) in [6.07, 6.45) is 2.28. The Morgan fingerprint density at radius 3 is 2.75 bits per heavy atom. The van der Waals surface area contributed by atoms with E-state index >= 15 is 0 Å². The van der Waals surface area contributed by atoms with Gasteiger partial charge in [-0.1, -0.05) is 22.0 Å². The molecule has 2 amide bonds. The molecule has 5 nitrogen and oxygen atoms in total. The van der Waals surface area contributed by atoms with E-state index in [1.807, 2.05) is 25.3 Å². The number of aliphatic carboxylic acids is 1. The maximum Gasteiger partial charge on any atom is 0.326 e. The summed E-state index contributed by atoms with van der Waals surface area (Å²) in [6.45, 7) is 1.87. The Kier molecular flexibility index (Phi) is 6.87. The van der Waals surface area contributed by atoms with Crippen LogP contribution in [-0.2, 0) is 4.79 Å². The normalized spacial score (nSPS) is 11.8. The zero-order valence-electron chi connectivity index (χ0n) is 11.3. The number of aryl methyl sites for hydroxylation is 1. The van der Waals surface area contributed by atoms with E-state index in [1.165, 1.54) is 0 Å². The minimum atomic E-state index is -1.03. The van der Waals surface area contributed by atoms with Gasteiger partial charge in [0.2, 0.25) is 0 Å². The highest BCUT2D eigenvalue weighted by atomic mass is 79.9. The first-order valence-electron chi connectivity index (χ1n) is 5.99. The molecule has 0 unspecified atom stereocenters. The molecule has 0 spiro atoms. The Bertz CT molecular complexity index is 497. The highest BCUT2D eigenvalue weighted by Gasteiger charge is 2.19. The number of carbonyl (C=O) groups excluding carboxylic acids is 1. The minimum Gasteiger partial charge on any atom is -0.480 e. The molecule has 0 saturated carbocycles. The number of amides is 2. The molecular formula is C13H17BrN2O3S. The zero-order chi connectivity index (χ0) is 15.1. The summed E-state index contributed by atoms with van der Waals surface area (Å²) in [6, 6.07) is 4.11. The largest absolute Gasteiger partial charge is 0.480 e. The van der Waals surface area contributed by atoms with Crippen molar-refractivity contribution in [3.05, 3.63) is 28.2 Å². The molecule has 3 N–H and O–H groups in total. The number of halogens is 1. The van der Waals surface area contributed by atoms with Gasteiger partial charge in [-0.3, -0.25) is 0 Å². The quantitative estimate of drug-likeness (QED) is 0.728. The number of carboxylic acid groups (broad SMARTS) is 1. The summed E-state index contributed by atoms with van der Waals surface area (Å²) in [7, 11) is 0. The predicted octanol–water partition coefficient (Wildman–Crippen LogP) is 3.09. The molecule has 0 fully saturated rings. The Morgan fingerprint density at radius 2 is 2.15 bits per heavy atom. The average Bonchev–Trinajstić information content (AvgIpc) is 2.38. The molecule has 1 aromatic carbocycles. The van der Waals surface area contributed by atoms with Crippen LogP contribution in [-0.4, -0.2) is 35.2 Å². The molecule has 0 aromatic heterocycles. The maximum atomic E-state index is 11.8. The SMILES string of the molecule is CSCC[C@H](NC(=O)Nc1cc(Br)ccc1C)C(=O)O. The fourth-order valence-corrected chi connectivity index (χ4v) is 2.37. The molecule has 0 aliphatic carbocycles. The molecule has 0 heterocycles. The van der Waals surface area contributed by atoms with Gasteiger partial charge in [-0.25, -0.2) is 9.59 Å². The first-order chi connectivity index (χ1) is 9.43. The molecule has 20 heavy (non-hydrogen) atoms. The number of hydrogen-bond acceptors (Lipinski definition) is 3. The Hall–Kier alpha value is -1.21. The molecule has 0 bridgehead atoms. The highest BCUT2D eigenvalue weighted by molar-refractivity contribution is 9.10. The van der Waals surface area contributed by atoms with Gasteiger partial charge in [0, 0.05) is 10.2 Å². The molecule has 0 aliphatic rings. The van der Waals surface area contributed by atoms with Gasteiger partial charge in [0.15, 0.2) is 0 Å². The van der Waals surface area contributed by atoms with Crippen molar-refractivity contribution in [2.45, 2.75) is 19.4 Å². The van der Waals surface area contributed by atoms with Crippen LogP contribution in [0.25, 0.3) is 0 Å². The topological polar surface area (TPSA) is 78.4 Å². The number of nitrogens with one attached hydrogen (secondary N) is 2. The summed E-state index contributed by atoms with van der Waals surface area (Å²) in [5.74, 6) is -0.354. The maximum absolute atomic E-state index is 11.8. The van der Waals surface area contributed by atoms with Crippen molar-refractivity contribution in [1.29, 1.82) is 0 Å². The fourth-order valence-electron chi connectivity index (χ4n) is 1.54. The Morgan fingerprint density at radius 1 is 1.45 bits per heavy atom. The van der Waals surface area contributed by atoms with Crippen LogP contribution in [0, 0.1) is 6.92 Å². The molecular weight excluding hydrogens is 344 g/mol. The van der Waals surface area contributed by atoms with Gasteiger partial charge in [-0.15, -0.1) is 0 Å². The second kappa shape index (κ2) is 8.16. The van der Waals surface area contributed by atoms with Crippen LogP contribution in [0.2, 0.25) is 0 Å². The van der Waals surface area contributed by atoms with E-state index in [2.05, 4.69) is 26.6 Å². The van der Waals surface area contributed by atoms with Gasteiger partial charge in [-0.2, -0.15) is 11.8 Å². The van der Waals surface area contributed by atoms with Crippen molar-refractivity contribution in [3.8, 4) is 0 Å². The molecule has 0 radical (unpaired) electrons. The molecule has 0 aliphatic heterocycles. The molecule has 1 atom stereocenters. The lowest BCUT2D eigenvalue weighted by Gasteiger charge is -2.15. The molecule has 7 heteroatoms. The number of hydrogen-bond donors (Lipinski definition) is 3. The van der Waals surface area contributed by atoms with Crippen molar-refractivity contribution in [2.75, 3.05) is 17.3 Å². The number of carbonyl (C=O) groups is 2. The van der Waals surface area contributed by atoms with E-state index in [9.17, 15) is 9.59 Å². The lowest BCUT2D eigenvalue weighted by atomic mass is 10.2. The lowest BCUT2D eigenvalue weighted by Crippen LogP contribution is -2.43. The summed E-state index contributed by atoms with van der Waals surface area (Å²) in [5, 5.41) is 14.2. The number of carboxylic acids is 1. The van der Waals surface area contributed by atoms with E-state index in [0.717, 1.165) is 10.0 Å². The zero-order valence-corrected chi connectivity index (χ0v) is 13.7. The summed E-state index contributed by atoms with van der Waals surface area (Å²) in [4.78, 5) is 22.9. The van der Waals surface area contributed by atoms with Crippen molar-refractivity contribution in [1.82, 2.24) is 5.32 Å². The molecule has 1 rings (SSSR count). The van der Waals surface area contributed by atoms with E-state index in [1.54, 1.807) is 17.8 Å².